The smallest absolute Gasteiger partial charge is 0.278 e. The molecule has 0 atom stereocenters. The molecule has 7 nitrogen and oxygen atoms in total. The highest BCUT2D eigenvalue weighted by molar-refractivity contribution is 6.04. The first-order valence-corrected chi connectivity index (χ1v) is 10.8. The Kier molecular flexibility index (Phi) is 5.60. The van der Waals surface area contributed by atoms with Gasteiger partial charge in [0.15, 0.2) is 5.69 Å². The van der Waals surface area contributed by atoms with Crippen molar-refractivity contribution in [1.29, 1.82) is 0 Å². The fourth-order valence-electron chi connectivity index (χ4n) is 4.15. The van der Waals surface area contributed by atoms with Gasteiger partial charge in [0.2, 0.25) is 0 Å². The number of carbonyl (C=O) groups is 1. The Morgan fingerprint density at radius 2 is 2.00 bits per heavy atom. The fraction of sp³-hybridized carbons (Fsp3) is 0.458. The number of carbonyl (C=O) groups excluding carboxylic acids is 1. The van der Waals surface area contributed by atoms with Gasteiger partial charge in [-0.25, -0.2) is 0 Å². The van der Waals surface area contributed by atoms with E-state index in [1.807, 2.05) is 49.7 Å². The molecule has 164 valence electrons. The van der Waals surface area contributed by atoms with Crippen LogP contribution < -0.4 is 10.1 Å². The Balaban J connectivity index is 1.52. The van der Waals surface area contributed by atoms with Crippen LogP contribution in [0.4, 0.5) is 5.69 Å². The zero-order valence-electron chi connectivity index (χ0n) is 18.9. The van der Waals surface area contributed by atoms with Gasteiger partial charge in [-0.2, -0.15) is 5.10 Å². The van der Waals surface area contributed by atoms with Crippen LogP contribution in [-0.2, 0) is 19.4 Å². The maximum Gasteiger partial charge on any atom is 0.278 e. The fourth-order valence-corrected chi connectivity index (χ4v) is 4.15. The van der Waals surface area contributed by atoms with Gasteiger partial charge in [-0.3, -0.25) is 9.48 Å². The third kappa shape index (κ3) is 4.36. The van der Waals surface area contributed by atoms with Crippen LogP contribution in [0.5, 0.6) is 5.75 Å². The third-order valence-corrected chi connectivity index (χ3v) is 5.96. The van der Waals surface area contributed by atoms with Crippen LogP contribution in [0.15, 0.2) is 28.8 Å². The Hall–Kier alpha value is -3.09. The van der Waals surface area contributed by atoms with Crippen molar-refractivity contribution in [2.45, 2.75) is 60.4 Å². The molecule has 2 heterocycles. The van der Waals surface area contributed by atoms with E-state index in [0.29, 0.717) is 18.8 Å². The highest BCUT2D eigenvalue weighted by atomic mass is 16.5. The average molecular weight is 423 g/mol. The Bertz CT molecular complexity index is 1090. The Morgan fingerprint density at radius 1 is 1.26 bits per heavy atom. The molecule has 0 unspecified atom stereocenters. The van der Waals surface area contributed by atoms with Gasteiger partial charge in [0.25, 0.3) is 5.91 Å². The van der Waals surface area contributed by atoms with Crippen molar-refractivity contribution in [1.82, 2.24) is 14.9 Å². The highest BCUT2D eigenvalue weighted by Gasteiger charge is 2.33. The molecule has 1 aromatic carbocycles. The molecule has 0 radical (unpaired) electrons. The van der Waals surface area contributed by atoms with E-state index >= 15 is 0 Å². The summed E-state index contributed by atoms with van der Waals surface area (Å²) in [5, 5.41) is 11.8. The van der Waals surface area contributed by atoms with E-state index in [-0.39, 0.29) is 11.3 Å². The molecule has 31 heavy (non-hydrogen) atoms. The minimum absolute atomic E-state index is 0.141. The van der Waals surface area contributed by atoms with Crippen molar-refractivity contribution in [2.75, 3.05) is 11.9 Å². The number of hydrogen-bond acceptors (Lipinski definition) is 5. The summed E-state index contributed by atoms with van der Waals surface area (Å²) < 4.78 is 12.9. The predicted octanol–water partition coefficient (Wildman–Crippen LogP) is 4.70. The lowest BCUT2D eigenvalue weighted by atomic mass is 9.76. The standard InChI is InChI=1S/C24H30N4O3/c1-6-30-18-9-7-17(8-10-18)14-28-16(3)21(15(2)26-28)25-23(29)22-19-13-24(4,5)12-11-20(19)31-27-22/h7-10H,6,11-14H2,1-5H3,(H,25,29). The van der Waals surface area contributed by atoms with Crippen molar-refractivity contribution >= 4 is 11.6 Å². The average Bonchev–Trinajstić information content (AvgIpc) is 3.24. The summed E-state index contributed by atoms with van der Waals surface area (Å²) >= 11 is 0. The normalized spacial score (nSPS) is 14.9. The van der Waals surface area contributed by atoms with E-state index in [2.05, 4.69) is 29.4 Å². The second-order valence-electron chi connectivity index (χ2n) is 9.01. The number of hydrogen-bond donors (Lipinski definition) is 1. The molecular weight excluding hydrogens is 392 g/mol. The van der Waals surface area contributed by atoms with Gasteiger partial charge in [-0.15, -0.1) is 0 Å². The van der Waals surface area contributed by atoms with Crippen molar-refractivity contribution in [3.63, 3.8) is 0 Å². The van der Waals surface area contributed by atoms with Gasteiger partial charge in [-0.05, 0) is 56.7 Å². The monoisotopic (exact) mass is 422 g/mol. The highest BCUT2D eigenvalue weighted by Crippen LogP contribution is 2.36. The number of amides is 1. The van der Waals surface area contributed by atoms with Gasteiger partial charge >= 0.3 is 0 Å². The predicted molar refractivity (Wildman–Crippen MR) is 119 cm³/mol. The molecule has 1 N–H and O–H groups in total. The minimum atomic E-state index is -0.241. The summed E-state index contributed by atoms with van der Waals surface area (Å²) in [5.41, 5.74) is 4.98. The zero-order chi connectivity index (χ0) is 22.2. The third-order valence-electron chi connectivity index (χ3n) is 5.96. The lowest BCUT2D eigenvalue weighted by Gasteiger charge is -2.28. The van der Waals surface area contributed by atoms with Gasteiger partial charge in [0.05, 0.1) is 30.2 Å². The maximum atomic E-state index is 13.0. The Morgan fingerprint density at radius 3 is 2.71 bits per heavy atom. The van der Waals surface area contributed by atoms with Crippen LogP contribution in [0.2, 0.25) is 0 Å². The number of aryl methyl sites for hydroxylation is 2. The zero-order valence-corrected chi connectivity index (χ0v) is 18.9. The van der Waals surface area contributed by atoms with E-state index in [1.54, 1.807) is 0 Å². The van der Waals surface area contributed by atoms with E-state index in [9.17, 15) is 4.79 Å². The van der Waals surface area contributed by atoms with Crippen molar-refractivity contribution in [2.24, 2.45) is 5.41 Å². The van der Waals surface area contributed by atoms with Crippen LogP contribution in [-0.4, -0.2) is 27.5 Å². The number of aromatic nitrogens is 3. The van der Waals surface area contributed by atoms with Gasteiger partial charge in [-0.1, -0.05) is 31.1 Å². The van der Waals surface area contributed by atoms with Crippen LogP contribution >= 0.6 is 0 Å². The topological polar surface area (TPSA) is 82.2 Å². The maximum absolute atomic E-state index is 13.0. The molecule has 0 saturated heterocycles. The number of nitrogens with one attached hydrogen (secondary N) is 1. The lowest BCUT2D eigenvalue weighted by Crippen LogP contribution is -2.24. The molecule has 1 aliphatic carbocycles. The van der Waals surface area contributed by atoms with Crippen molar-refractivity contribution in [3.8, 4) is 5.75 Å². The minimum Gasteiger partial charge on any atom is -0.494 e. The molecule has 4 rings (SSSR count). The van der Waals surface area contributed by atoms with E-state index in [0.717, 1.165) is 59.0 Å². The molecule has 0 bridgehead atoms. The number of benzene rings is 1. The molecule has 7 heteroatoms. The van der Waals surface area contributed by atoms with Crippen LogP contribution in [0.25, 0.3) is 0 Å². The quantitative estimate of drug-likeness (QED) is 0.622. The number of fused-ring (bicyclic) bond motifs is 1. The molecule has 3 aromatic rings. The second kappa shape index (κ2) is 8.21. The van der Waals surface area contributed by atoms with Crippen LogP contribution in [0.1, 0.15) is 66.0 Å². The SMILES string of the molecule is CCOc1ccc(Cn2nc(C)c(NC(=O)c3noc4c3CC(C)(C)CC4)c2C)cc1. The first-order valence-electron chi connectivity index (χ1n) is 10.8. The van der Waals surface area contributed by atoms with E-state index < -0.39 is 0 Å². The van der Waals surface area contributed by atoms with Crippen molar-refractivity contribution < 1.29 is 14.1 Å². The Labute approximate surface area is 182 Å². The van der Waals surface area contributed by atoms with Crippen LogP contribution in [0.3, 0.4) is 0 Å². The van der Waals surface area contributed by atoms with Gasteiger partial charge < -0.3 is 14.6 Å². The summed E-state index contributed by atoms with van der Waals surface area (Å²) in [4.78, 5) is 13.0. The molecule has 1 aliphatic rings. The van der Waals surface area contributed by atoms with Crippen molar-refractivity contribution in [3.05, 3.63) is 58.2 Å². The molecule has 1 amide bonds. The lowest BCUT2D eigenvalue weighted by molar-refractivity contribution is 0.101. The first kappa shape index (κ1) is 21.2. The van der Waals surface area contributed by atoms with Crippen LogP contribution in [0, 0.1) is 19.3 Å². The summed E-state index contributed by atoms with van der Waals surface area (Å²) in [5.74, 6) is 1.45. The molecule has 0 saturated carbocycles. The second-order valence-corrected chi connectivity index (χ2v) is 9.01. The molecule has 0 spiro atoms. The summed E-state index contributed by atoms with van der Waals surface area (Å²) in [6.07, 6.45) is 2.65. The van der Waals surface area contributed by atoms with E-state index in [4.69, 9.17) is 9.26 Å². The summed E-state index contributed by atoms with van der Waals surface area (Å²) in [6.45, 7) is 11.5. The molecular formula is C24H30N4O3. The number of rotatable bonds is 6. The van der Waals surface area contributed by atoms with Gasteiger partial charge in [0.1, 0.15) is 11.5 Å². The van der Waals surface area contributed by atoms with Gasteiger partial charge in [0, 0.05) is 12.0 Å². The molecule has 0 fully saturated rings. The molecule has 0 aliphatic heterocycles. The summed E-state index contributed by atoms with van der Waals surface area (Å²) in [6, 6.07) is 7.98. The molecule has 2 aromatic heterocycles. The number of anilines is 1. The first-order chi connectivity index (χ1) is 14.8. The summed E-state index contributed by atoms with van der Waals surface area (Å²) in [7, 11) is 0. The number of ether oxygens (including phenoxy) is 1. The number of nitrogens with zero attached hydrogens (tertiary/aromatic N) is 3. The van der Waals surface area contributed by atoms with E-state index in [1.165, 1.54) is 0 Å². The largest absolute Gasteiger partial charge is 0.494 e.